The van der Waals surface area contributed by atoms with E-state index >= 15 is 0 Å². The molecule has 0 saturated heterocycles. The summed E-state index contributed by atoms with van der Waals surface area (Å²) < 4.78 is 5.53. The monoisotopic (exact) mass is 229 g/mol. The largest absolute Gasteiger partial charge is 0.369 e. The molecule has 0 rings (SSSR count). The molecule has 0 fully saturated rings. The van der Waals surface area contributed by atoms with E-state index in [-0.39, 0.29) is 12.0 Å². The molecule has 0 aliphatic rings. The van der Waals surface area contributed by atoms with Gasteiger partial charge in [0, 0.05) is 19.7 Å². The summed E-state index contributed by atoms with van der Waals surface area (Å²) in [4.78, 5) is 13.9. The quantitative estimate of drug-likeness (QED) is 0.569. The van der Waals surface area contributed by atoms with E-state index in [1.54, 1.807) is 0 Å². The minimum atomic E-state index is -0.287. The smallest absolute Gasteiger partial charge is 0.251 e. The fraction of sp³-hybridized carbons (Fsp3) is 0.923. The predicted molar refractivity (Wildman–Crippen MR) is 67.5 cm³/mol. The van der Waals surface area contributed by atoms with Crippen molar-refractivity contribution >= 4 is 5.91 Å². The number of rotatable bonds is 9. The van der Waals surface area contributed by atoms with E-state index in [4.69, 9.17) is 4.74 Å². The van der Waals surface area contributed by atoms with Crippen LogP contribution in [0.2, 0.25) is 0 Å². The Morgan fingerprint density at radius 1 is 1.12 bits per heavy atom. The van der Waals surface area contributed by atoms with Gasteiger partial charge in [0.2, 0.25) is 0 Å². The maximum Gasteiger partial charge on any atom is 0.251 e. The molecule has 0 heterocycles. The lowest BCUT2D eigenvalue weighted by atomic mass is 10.3. The first kappa shape index (κ1) is 15.4. The van der Waals surface area contributed by atoms with E-state index in [1.165, 1.54) is 0 Å². The molecule has 0 aromatic carbocycles. The first-order valence-corrected chi connectivity index (χ1v) is 6.57. The van der Waals surface area contributed by atoms with Gasteiger partial charge in [0.15, 0.2) is 0 Å². The van der Waals surface area contributed by atoms with Crippen LogP contribution in [0.25, 0.3) is 0 Å². The highest BCUT2D eigenvalue weighted by Gasteiger charge is 2.19. The summed E-state index contributed by atoms with van der Waals surface area (Å²) in [6.45, 7) is 10.5. The number of carbonyl (C=O) groups is 1. The van der Waals surface area contributed by atoms with Crippen LogP contribution in [0, 0.1) is 0 Å². The summed E-state index contributed by atoms with van der Waals surface area (Å²) in [5.41, 5.74) is 0. The van der Waals surface area contributed by atoms with Gasteiger partial charge in [-0.05, 0) is 26.2 Å². The SMILES string of the molecule is CCCCOC(C)C(=O)N(CCC)CCC. The zero-order valence-corrected chi connectivity index (χ0v) is 11.3. The van der Waals surface area contributed by atoms with Crippen LogP contribution in [0.1, 0.15) is 53.4 Å². The molecule has 1 atom stereocenters. The van der Waals surface area contributed by atoms with Crippen LogP contribution in [0.5, 0.6) is 0 Å². The van der Waals surface area contributed by atoms with E-state index in [9.17, 15) is 4.79 Å². The van der Waals surface area contributed by atoms with Crippen molar-refractivity contribution in [1.82, 2.24) is 4.90 Å². The molecule has 3 nitrogen and oxygen atoms in total. The highest BCUT2D eigenvalue weighted by molar-refractivity contribution is 5.80. The number of amides is 1. The van der Waals surface area contributed by atoms with Crippen molar-refractivity contribution in [3.8, 4) is 0 Å². The molecule has 3 heteroatoms. The molecule has 0 saturated carbocycles. The Kier molecular flexibility index (Phi) is 9.30. The summed E-state index contributed by atoms with van der Waals surface area (Å²) in [6, 6.07) is 0. The highest BCUT2D eigenvalue weighted by Crippen LogP contribution is 2.03. The van der Waals surface area contributed by atoms with E-state index in [1.807, 2.05) is 11.8 Å². The molecular weight excluding hydrogens is 202 g/mol. The molecule has 1 amide bonds. The lowest BCUT2D eigenvalue weighted by Crippen LogP contribution is -2.40. The third kappa shape index (κ3) is 6.11. The van der Waals surface area contributed by atoms with E-state index in [2.05, 4.69) is 20.8 Å². The average molecular weight is 229 g/mol. The lowest BCUT2D eigenvalue weighted by molar-refractivity contribution is -0.142. The summed E-state index contributed by atoms with van der Waals surface area (Å²) in [6.07, 6.45) is 3.86. The lowest BCUT2D eigenvalue weighted by Gasteiger charge is -2.25. The Hall–Kier alpha value is -0.570. The number of hydrogen-bond donors (Lipinski definition) is 0. The zero-order chi connectivity index (χ0) is 12.4. The van der Waals surface area contributed by atoms with Gasteiger partial charge in [0.25, 0.3) is 5.91 Å². The van der Waals surface area contributed by atoms with Gasteiger partial charge in [-0.3, -0.25) is 4.79 Å². The minimum Gasteiger partial charge on any atom is -0.369 e. The van der Waals surface area contributed by atoms with Crippen molar-refractivity contribution < 1.29 is 9.53 Å². The second-order valence-corrected chi connectivity index (χ2v) is 4.19. The molecule has 0 aliphatic carbocycles. The standard InChI is InChI=1S/C13H27NO2/c1-5-8-11-16-12(4)13(15)14(9-6-2)10-7-3/h12H,5-11H2,1-4H3. The van der Waals surface area contributed by atoms with Crippen molar-refractivity contribution in [2.75, 3.05) is 19.7 Å². The van der Waals surface area contributed by atoms with Gasteiger partial charge in [0.1, 0.15) is 6.10 Å². The van der Waals surface area contributed by atoms with Gasteiger partial charge in [-0.25, -0.2) is 0 Å². The van der Waals surface area contributed by atoms with Crippen LogP contribution < -0.4 is 0 Å². The summed E-state index contributed by atoms with van der Waals surface area (Å²) in [5.74, 6) is 0.139. The van der Waals surface area contributed by atoms with Crippen LogP contribution in [0.15, 0.2) is 0 Å². The molecule has 16 heavy (non-hydrogen) atoms. The van der Waals surface area contributed by atoms with Crippen LogP contribution in [-0.2, 0) is 9.53 Å². The Morgan fingerprint density at radius 3 is 2.12 bits per heavy atom. The van der Waals surface area contributed by atoms with E-state index in [0.29, 0.717) is 6.61 Å². The maximum atomic E-state index is 12.0. The van der Waals surface area contributed by atoms with Crippen molar-refractivity contribution in [1.29, 1.82) is 0 Å². The van der Waals surface area contributed by atoms with Gasteiger partial charge in [-0.1, -0.05) is 27.2 Å². The molecule has 0 aliphatic heterocycles. The summed E-state index contributed by atoms with van der Waals surface area (Å²) in [5, 5.41) is 0. The van der Waals surface area contributed by atoms with Gasteiger partial charge < -0.3 is 9.64 Å². The minimum absolute atomic E-state index is 0.139. The number of nitrogens with zero attached hydrogens (tertiary/aromatic N) is 1. The topological polar surface area (TPSA) is 29.5 Å². The molecule has 0 aromatic rings. The van der Waals surface area contributed by atoms with Crippen LogP contribution in [0.3, 0.4) is 0 Å². The highest BCUT2D eigenvalue weighted by atomic mass is 16.5. The third-order valence-electron chi connectivity index (χ3n) is 2.51. The number of carbonyl (C=O) groups excluding carboxylic acids is 1. The average Bonchev–Trinajstić information content (AvgIpc) is 2.28. The van der Waals surface area contributed by atoms with Crippen LogP contribution in [-0.4, -0.2) is 36.6 Å². The van der Waals surface area contributed by atoms with Gasteiger partial charge in [-0.15, -0.1) is 0 Å². The Bertz CT molecular complexity index is 177. The fourth-order valence-electron chi connectivity index (χ4n) is 1.60. The number of ether oxygens (including phenoxy) is 1. The van der Waals surface area contributed by atoms with Gasteiger partial charge in [0.05, 0.1) is 0 Å². The Labute approximate surface area is 100 Å². The van der Waals surface area contributed by atoms with E-state index in [0.717, 1.165) is 38.8 Å². The Morgan fingerprint density at radius 2 is 1.69 bits per heavy atom. The van der Waals surface area contributed by atoms with Crippen molar-refractivity contribution in [2.24, 2.45) is 0 Å². The normalized spacial score (nSPS) is 12.5. The molecule has 0 aromatic heterocycles. The zero-order valence-electron chi connectivity index (χ0n) is 11.3. The van der Waals surface area contributed by atoms with Crippen LogP contribution in [0.4, 0.5) is 0 Å². The van der Waals surface area contributed by atoms with Gasteiger partial charge >= 0.3 is 0 Å². The second kappa shape index (κ2) is 9.64. The van der Waals surface area contributed by atoms with Crippen molar-refractivity contribution in [3.63, 3.8) is 0 Å². The van der Waals surface area contributed by atoms with E-state index < -0.39 is 0 Å². The first-order chi connectivity index (χ1) is 7.67. The van der Waals surface area contributed by atoms with Crippen molar-refractivity contribution in [3.05, 3.63) is 0 Å². The molecule has 0 N–H and O–H groups in total. The Balaban J connectivity index is 4.03. The molecule has 0 radical (unpaired) electrons. The summed E-state index contributed by atoms with van der Waals surface area (Å²) in [7, 11) is 0. The second-order valence-electron chi connectivity index (χ2n) is 4.19. The third-order valence-corrected chi connectivity index (χ3v) is 2.51. The summed E-state index contributed by atoms with van der Waals surface area (Å²) >= 11 is 0. The fourth-order valence-corrected chi connectivity index (χ4v) is 1.60. The molecular formula is C13H27NO2. The maximum absolute atomic E-state index is 12.0. The van der Waals surface area contributed by atoms with Gasteiger partial charge in [-0.2, -0.15) is 0 Å². The van der Waals surface area contributed by atoms with Crippen LogP contribution >= 0.6 is 0 Å². The molecule has 1 unspecified atom stereocenters. The first-order valence-electron chi connectivity index (χ1n) is 6.57. The predicted octanol–water partition coefficient (Wildman–Crippen LogP) is 2.84. The molecule has 0 bridgehead atoms. The van der Waals surface area contributed by atoms with Crippen molar-refractivity contribution in [2.45, 2.75) is 59.5 Å². The molecule has 0 spiro atoms. The molecule has 96 valence electrons. The number of unbranched alkanes of at least 4 members (excludes halogenated alkanes) is 1. The number of hydrogen-bond acceptors (Lipinski definition) is 2.